The van der Waals surface area contributed by atoms with Crippen molar-refractivity contribution in [3.05, 3.63) is 21.9 Å². The molecule has 0 radical (unpaired) electrons. The summed E-state index contributed by atoms with van der Waals surface area (Å²) in [7, 11) is 0. The van der Waals surface area contributed by atoms with E-state index in [-0.39, 0.29) is 0 Å². The molecular weight excluding hydrogens is 216 g/mol. The predicted octanol–water partition coefficient (Wildman–Crippen LogP) is 2.67. The number of thiophene rings is 1. The second-order valence-corrected chi connectivity index (χ2v) is 5.73. The number of rotatable bonds is 4. The molecule has 3 heteroatoms. The Labute approximate surface area is 102 Å². The Morgan fingerprint density at radius 3 is 3.12 bits per heavy atom. The van der Waals surface area contributed by atoms with Crippen LogP contribution in [0.3, 0.4) is 0 Å². The van der Waals surface area contributed by atoms with Gasteiger partial charge in [0, 0.05) is 23.5 Å². The molecule has 1 aliphatic carbocycles. The van der Waals surface area contributed by atoms with Crippen molar-refractivity contribution in [3.8, 4) is 0 Å². The molecule has 16 heavy (non-hydrogen) atoms. The quantitative estimate of drug-likeness (QED) is 0.846. The molecule has 1 heterocycles. The van der Waals surface area contributed by atoms with Crippen LogP contribution in [0.15, 0.2) is 11.4 Å². The summed E-state index contributed by atoms with van der Waals surface area (Å²) < 4.78 is 0. The largest absolute Gasteiger partial charge is 0.328 e. The van der Waals surface area contributed by atoms with Crippen LogP contribution in [0, 0.1) is 0 Å². The van der Waals surface area contributed by atoms with Gasteiger partial charge in [-0.1, -0.05) is 13.3 Å². The molecule has 1 aromatic heterocycles. The molecule has 3 N–H and O–H groups in total. The smallest absolute Gasteiger partial charge is 0.0305 e. The van der Waals surface area contributed by atoms with E-state index < -0.39 is 0 Å². The highest BCUT2D eigenvalue weighted by Gasteiger charge is 2.18. The van der Waals surface area contributed by atoms with Crippen molar-refractivity contribution in [2.75, 3.05) is 0 Å². The molecular formula is C13H22N2S. The third-order valence-corrected chi connectivity index (χ3v) is 4.45. The maximum absolute atomic E-state index is 5.99. The van der Waals surface area contributed by atoms with Gasteiger partial charge in [0.15, 0.2) is 0 Å². The Balaban J connectivity index is 1.82. The van der Waals surface area contributed by atoms with Crippen LogP contribution in [0.1, 0.15) is 43.0 Å². The zero-order chi connectivity index (χ0) is 11.4. The maximum Gasteiger partial charge on any atom is 0.0305 e. The van der Waals surface area contributed by atoms with E-state index in [1.54, 1.807) is 0 Å². The first kappa shape index (κ1) is 12.1. The molecule has 0 saturated heterocycles. The minimum atomic E-state index is 0.417. The first-order valence-electron chi connectivity index (χ1n) is 6.33. The zero-order valence-electron chi connectivity index (χ0n) is 10.0. The first-order valence-corrected chi connectivity index (χ1v) is 7.21. The Morgan fingerprint density at radius 1 is 1.50 bits per heavy atom. The summed E-state index contributed by atoms with van der Waals surface area (Å²) in [5.74, 6) is 0. The summed E-state index contributed by atoms with van der Waals surface area (Å²) in [6.45, 7) is 3.25. The monoisotopic (exact) mass is 238 g/mol. The third kappa shape index (κ3) is 3.06. The molecule has 0 bridgehead atoms. The lowest BCUT2D eigenvalue weighted by molar-refractivity contribution is 0.339. The van der Waals surface area contributed by atoms with E-state index in [4.69, 9.17) is 5.73 Å². The molecule has 0 amide bonds. The van der Waals surface area contributed by atoms with E-state index in [2.05, 4.69) is 23.7 Å². The molecule has 0 aliphatic heterocycles. The Kier molecular flexibility index (Phi) is 4.38. The van der Waals surface area contributed by atoms with Gasteiger partial charge < -0.3 is 11.1 Å². The normalized spacial score (nSPS) is 25.9. The molecule has 2 rings (SSSR count). The van der Waals surface area contributed by atoms with E-state index >= 15 is 0 Å². The van der Waals surface area contributed by atoms with Crippen LogP contribution in [0.25, 0.3) is 0 Å². The maximum atomic E-state index is 5.99. The van der Waals surface area contributed by atoms with Gasteiger partial charge in [0.1, 0.15) is 0 Å². The van der Waals surface area contributed by atoms with Gasteiger partial charge in [-0.2, -0.15) is 0 Å². The topological polar surface area (TPSA) is 38.0 Å². The molecule has 1 aliphatic rings. The van der Waals surface area contributed by atoms with Gasteiger partial charge in [-0.05, 0) is 42.7 Å². The number of hydrogen-bond donors (Lipinski definition) is 2. The summed E-state index contributed by atoms with van der Waals surface area (Å²) in [5.41, 5.74) is 7.49. The summed E-state index contributed by atoms with van der Waals surface area (Å²) in [6.07, 6.45) is 6.07. The standard InChI is InChI=1S/C13H22N2S/c1-2-10-6-7-16-13(10)9-15-12-5-3-4-11(14)8-12/h6-7,11-12,15H,2-5,8-9,14H2,1H3. The summed E-state index contributed by atoms with van der Waals surface area (Å²) in [6, 6.07) is 3.30. The van der Waals surface area contributed by atoms with Crippen LogP contribution in [-0.4, -0.2) is 12.1 Å². The van der Waals surface area contributed by atoms with Crippen molar-refractivity contribution >= 4 is 11.3 Å². The SMILES string of the molecule is CCc1ccsc1CNC1CCCC(N)C1. The van der Waals surface area contributed by atoms with Gasteiger partial charge in [-0.15, -0.1) is 11.3 Å². The van der Waals surface area contributed by atoms with Gasteiger partial charge in [0.05, 0.1) is 0 Å². The lowest BCUT2D eigenvalue weighted by Crippen LogP contribution is -2.39. The molecule has 2 atom stereocenters. The van der Waals surface area contributed by atoms with E-state index in [9.17, 15) is 0 Å². The number of hydrogen-bond acceptors (Lipinski definition) is 3. The van der Waals surface area contributed by atoms with Crippen LogP contribution >= 0.6 is 11.3 Å². The summed E-state index contributed by atoms with van der Waals surface area (Å²) in [4.78, 5) is 1.50. The molecule has 1 aromatic rings. The van der Waals surface area contributed by atoms with Crippen molar-refractivity contribution in [3.63, 3.8) is 0 Å². The van der Waals surface area contributed by atoms with Gasteiger partial charge in [0.25, 0.3) is 0 Å². The van der Waals surface area contributed by atoms with Crippen LogP contribution in [0.2, 0.25) is 0 Å². The first-order chi connectivity index (χ1) is 7.79. The third-order valence-electron chi connectivity index (χ3n) is 3.48. The van der Waals surface area contributed by atoms with E-state index in [0.29, 0.717) is 12.1 Å². The van der Waals surface area contributed by atoms with Gasteiger partial charge in [-0.3, -0.25) is 0 Å². The molecule has 1 fully saturated rings. The average Bonchev–Trinajstić information content (AvgIpc) is 2.74. The zero-order valence-corrected chi connectivity index (χ0v) is 10.9. The molecule has 90 valence electrons. The van der Waals surface area contributed by atoms with Crippen molar-refractivity contribution in [2.24, 2.45) is 5.73 Å². The van der Waals surface area contributed by atoms with E-state index in [0.717, 1.165) is 19.4 Å². The Hall–Kier alpha value is -0.380. The van der Waals surface area contributed by atoms with Crippen molar-refractivity contribution in [2.45, 2.75) is 57.7 Å². The van der Waals surface area contributed by atoms with Gasteiger partial charge in [-0.25, -0.2) is 0 Å². The number of aryl methyl sites for hydroxylation is 1. The second-order valence-electron chi connectivity index (χ2n) is 4.73. The van der Waals surface area contributed by atoms with Crippen molar-refractivity contribution in [1.29, 1.82) is 0 Å². The molecule has 2 unspecified atom stereocenters. The van der Waals surface area contributed by atoms with Crippen molar-refractivity contribution < 1.29 is 0 Å². The lowest BCUT2D eigenvalue weighted by Gasteiger charge is -2.27. The summed E-state index contributed by atoms with van der Waals surface area (Å²) >= 11 is 1.87. The highest BCUT2D eigenvalue weighted by atomic mass is 32.1. The van der Waals surface area contributed by atoms with E-state index in [1.165, 1.54) is 29.7 Å². The van der Waals surface area contributed by atoms with E-state index in [1.807, 2.05) is 11.3 Å². The number of nitrogens with one attached hydrogen (secondary N) is 1. The highest BCUT2D eigenvalue weighted by molar-refractivity contribution is 7.10. The van der Waals surface area contributed by atoms with Crippen molar-refractivity contribution in [1.82, 2.24) is 5.32 Å². The Bertz CT molecular complexity index is 321. The fourth-order valence-corrected chi connectivity index (χ4v) is 3.41. The van der Waals surface area contributed by atoms with Crippen LogP contribution in [0.5, 0.6) is 0 Å². The molecule has 0 aromatic carbocycles. The van der Waals surface area contributed by atoms with Crippen LogP contribution in [-0.2, 0) is 13.0 Å². The fraction of sp³-hybridized carbons (Fsp3) is 0.692. The van der Waals surface area contributed by atoms with Gasteiger partial charge in [0.2, 0.25) is 0 Å². The number of nitrogens with two attached hydrogens (primary N) is 1. The van der Waals surface area contributed by atoms with Crippen LogP contribution < -0.4 is 11.1 Å². The minimum Gasteiger partial charge on any atom is -0.328 e. The van der Waals surface area contributed by atoms with Gasteiger partial charge >= 0.3 is 0 Å². The Morgan fingerprint density at radius 2 is 2.38 bits per heavy atom. The highest BCUT2D eigenvalue weighted by Crippen LogP contribution is 2.20. The average molecular weight is 238 g/mol. The summed E-state index contributed by atoms with van der Waals surface area (Å²) in [5, 5.41) is 5.86. The second kappa shape index (κ2) is 5.80. The fourth-order valence-electron chi connectivity index (χ4n) is 2.49. The molecule has 0 spiro atoms. The molecule has 2 nitrogen and oxygen atoms in total. The minimum absolute atomic E-state index is 0.417. The van der Waals surface area contributed by atoms with Crippen LogP contribution in [0.4, 0.5) is 0 Å². The molecule has 1 saturated carbocycles. The predicted molar refractivity (Wildman–Crippen MR) is 70.8 cm³/mol. The lowest BCUT2D eigenvalue weighted by atomic mass is 9.91.